The van der Waals surface area contributed by atoms with Crippen LogP contribution in [-0.4, -0.2) is 38.9 Å². The fourth-order valence-electron chi connectivity index (χ4n) is 3.15. The molecule has 0 unspecified atom stereocenters. The van der Waals surface area contributed by atoms with Crippen LogP contribution in [-0.2, 0) is 27.8 Å². The van der Waals surface area contributed by atoms with E-state index in [1.54, 1.807) is 28.6 Å². The van der Waals surface area contributed by atoms with E-state index in [4.69, 9.17) is 4.42 Å². The van der Waals surface area contributed by atoms with Crippen LogP contribution in [0.1, 0.15) is 41.1 Å². The molecule has 7 nitrogen and oxygen atoms in total. The Hall–Kier alpha value is -2.16. The molecule has 2 aromatic rings. The van der Waals surface area contributed by atoms with E-state index >= 15 is 0 Å². The maximum Gasteiger partial charge on any atom is 0.373 e. The van der Waals surface area contributed by atoms with E-state index in [1.807, 2.05) is 12.1 Å². The maximum atomic E-state index is 13.0. The van der Waals surface area contributed by atoms with Crippen molar-refractivity contribution < 1.29 is 22.4 Å². The number of rotatable bonds is 7. The van der Waals surface area contributed by atoms with Gasteiger partial charge in [-0.1, -0.05) is 24.6 Å². The highest BCUT2D eigenvalue weighted by molar-refractivity contribution is 7.89. The van der Waals surface area contributed by atoms with Crippen LogP contribution in [0.3, 0.4) is 0 Å². The summed E-state index contributed by atoms with van der Waals surface area (Å²) in [5.74, 6) is 0.188. The van der Waals surface area contributed by atoms with Gasteiger partial charge in [0, 0.05) is 19.6 Å². The first-order valence-corrected chi connectivity index (χ1v) is 10.4. The number of furan rings is 1. The number of nitrogens with zero attached hydrogens (tertiary/aromatic N) is 1. The van der Waals surface area contributed by atoms with E-state index in [0.717, 1.165) is 19.3 Å². The number of hydrogen-bond donors (Lipinski definition) is 1. The third kappa shape index (κ3) is 4.58. The highest BCUT2D eigenvalue weighted by Crippen LogP contribution is 2.23. The van der Waals surface area contributed by atoms with Gasteiger partial charge >= 0.3 is 5.97 Å². The van der Waals surface area contributed by atoms with E-state index in [-0.39, 0.29) is 5.76 Å². The molecule has 1 aromatic carbocycles. The van der Waals surface area contributed by atoms with Crippen LogP contribution in [0.25, 0.3) is 0 Å². The first kappa shape index (κ1) is 19.6. The average molecular weight is 392 g/mol. The average Bonchev–Trinajstić information content (AvgIpc) is 3.17. The number of hydrogen-bond acceptors (Lipinski definition) is 6. The van der Waals surface area contributed by atoms with E-state index in [2.05, 4.69) is 10.1 Å². The zero-order chi connectivity index (χ0) is 19.3. The molecule has 146 valence electrons. The Labute approximate surface area is 159 Å². The van der Waals surface area contributed by atoms with Gasteiger partial charge in [-0.25, -0.2) is 13.2 Å². The Bertz CT molecular complexity index is 885. The molecule has 1 aromatic heterocycles. The molecule has 1 aliphatic heterocycles. The fraction of sp³-hybridized carbons (Fsp3) is 0.421. The number of benzene rings is 1. The maximum absolute atomic E-state index is 13.0. The van der Waals surface area contributed by atoms with Gasteiger partial charge in [0.15, 0.2) is 0 Å². The third-order valence-electron chi connectivity index (χ3n) is 4.57. The summed E-state index contributed by atoms with van der Waals surface area (Å²) < 4.78 is 37.5. The van der Waals surface area contributed by atoms with Gasteiger partial charge < -0.3 is 14.5 Å². The van der Waals surface area contributed by atoms with E-state index < -0.39 is 16.0 Å². The molecule has 0 atom stereocenters. The first-order chi connectivity index (χ1) is 13.0. The number of nitrogens with one attached hydrogen (secondary N) is 1. The number of ether oxygens (including phenoxy) is 1. The van der Waals surface area contributed by atoms with Crippen molar-refractivity contribution in [1.82, 2.24) is 9.62 Å². The molecule has 1 N–H and O–H groups in total. The molecule has 0 radical (unpaired) electrons. The summed E-state index contributed by atoms with van der Waals surface area (Å²) in [7, 11) is -2.20. The van der Waals surface area contributed by atoms with Crippen molar-refractivity contribution in [2.24, 2.45) is 0 Å². The molecule has 0 saturated carbocycles. The third-order valence-corrected chi connectivity index (χ3v) is 6.57. The molecule has 3 rings (SSSR count). The van der Waals surface area contributed by atoms with Gasteiger partial charge in [0.05, 0.1) is 18.6 Å². The Kier molecular flexibility index (Phi) is 6.30. The van der Waals surface area contributed by atoms with Gasteiger partial charge in [-0.15, -0.1) is 0 Å². The van der Waals surface area contributed by atoms with Gasteiger partial charge in [0.25, 0.3) is 0 Å². The summed E-state index contributed by atoms with van der Waals surface area (Å²) in [6, 6.07) is 10.3. The van der Waals surface area contributed by atoms with Crippen molar-refractivity contribution in [3.05, 3.63) is 53.5 Å². The second kappa shape index (κ2) is 8.69. The number of carbonyl (C=O) groups excluding carboxylic acids is 1. The number of methoxy groups -OCH3 is 1. The van der Waals surface area contributed by atoms with Crippen LogP contribution >= 0.6 is 0 Å². The van der Waals surface area contributed by atoms with E-state index in [1.165, 1.54) is 7.11 Å². The van der Waals surface area contributed by atoms with Crippen LogP contribution in [0, 0.1) is 0 Å². The monoisotopic (exact) mass is 392 g/mol. The van der Waals surface area contributed by atoms with Crippen molar-refractivity contribution >= 4 is 16.0 Å². The van der Waals surface area contributed by atoms with Crippen LogP contribution in [0.5, 0.6) is 0 Å². The molecule has 1 fully saturated rings. The highest BCUT2D eigenvalue weighted by Gasteiger charge is 2.27. The number of sulfonamides is 1. The van der Waals surface area contributed by atoms with Gasteiger partial charge in [0.2, 0.25) is 15.8 Å². The summed E-state index contributed by atoms with van der Waals surface area (Å²) in [5, 5.41) is 3.17. The number of esters is 1. The minimum atomic E-state index is -3.49. The minimum Gasteiger partial charge on any atom is -0.463 e. The SMILES string of the molecule is COC(=O)c1ccc(CNCc2ccccc2S(=O)(=O)N2CCCCC2)o1. The predicted octanol–water partition coefficient (Wildman–Crippen LogP) is 2.53. The van der Waals surface area contributed by atoms with E-state index in [0.29, 0.717) is 42.4 Å². The van der Waals surface area contributed by atoms with Gasteiger partial charge in [-0.05, 0) is 36.6 Å². The van der Waals surface area contributed by atoms with Crippen LogP contribution < -0.4 is 5.32 Å². The Balaban J connectivity index is 1.67. The van der Waals surface area contributed by atoms with Crippen molar-refractivity contribution in [3.63, 3.8) is 0 Å². The minimum absolute atomic E-state index is 0.141. The van der Waals surface area contributed by atoms with Crippen LogP contribution in [0.2, 0.25) is 0 Å². The predicted molar refractivity (Wildman–Crippen MR) is 99.6 cm³/mol. The van der Waals surface area contributed by atoms with Gasteiger partial charge in [-0.3, -0.25) is 0 Å². The zero-order valence-electron chi connectivity index (χ0n) is 15.3. The standard InChI is InChI=1S/C19H24N2O5S/c1-25-19(22)17-10-9-16(26-17)14-20-13-15-7-3-4-8-18(15)27(23,24)21-11-5-2-6-12-21/h3-4,7-10,20H,2,5-6,11-14H2,1H3. The smallest absolute Gasteiger partial charge is 0.373 e. The molecule has 0 amide bonds. The Morgan fingerprint density at radius 1 is 1.11 bits per heavy atom. The molecule has 1 aliphatic rings. The quantitative estimate of drug-likeness (QED) is 0.729. The Morgan fingerprint density at radius 2 is 1.85 bits per heavy atom. The lowest BCUT2D eigenvalue weighted by atomic mass is 10.2. The summed E-state index contributed by atoms with van der Waals surface area (Å²) in [4.78, 5) is 11.8. The first-order valence-electron chi connectivity index (χ1n) is 8.98. The second-order valence-corrected chi connectivity index (χ2v) is 8.34. The molecule has 0 bridgehead atoms. The van der Waals surface area contributed by atoms with Crippen LogP contribution in [0.4, 0.5) is 0 Å². The van der Waals surface area contributed by atoms with E-state index in [9.17, 15) is 13.2 Å². The lowest BCUT2D eigenvalue weighted by Crippen LogP contribution is -2.36. The molecule has 27 heavy (non-hydrogen) atoms. The second-order valence-electron chi connectivity index (χ2n) is 6.43. The van der Waals surface area contributed by atoms with Crippen molar-refractivity contribution in [3.8, 4) is 0 Å². The summed E-state index contributed by atoms with van der Waals surface area (Å²) in [5.41, 5.74) is 0.711. The molecule has 2 heterocycles. The topological polar surface area (TPSA) is 88.8 Å². The van der Waals surface area contributed by atoms with Crippen molar-refractivity contribution in [2.75, 3.05) is 20.2 Å². The fourth-order valence-corrected chi connectivity index (χ4v) is 4.89. The lowest BCUT2D eigenvalue weighted by Gasteiger charge is -2.26. The Morgan fingerprint density at radius 3 is 2.59 bits per heavy atom. The molecule has 8 heteroatoms. The summed E-state index contributed by atoms with van der Waals surface area (Å²) in [6.07, 6.45) is 2.88. The summed E-state index contributed by atoms with van der Waals surface area (Å²) in [6.45, 7) is 1.90. The molecule has 1 saturated heterocycles. The lowest BCUT2D eigenvalue weighted by molar-refractivity contribution is 0.0563. The largest absolute Gasteiger partial charge is 0.463 e. The number of piperidine rings is 1. The molecule has 0 aliphatic carbocycles. The molecule has 0 spiro atoms. The van der Waals surface area contributed by atoms with Crippen molar-refractivity contribution in [1.29, 1.82) is 0 Å². The van der Waals surface area contributed by atoms with Gasteiger partial charge in [0.1, 0.15) is 5.76 Å². The summed E-state index contributed by atoms with van der Waals surface area (Å²) >= 11 is 0. The highest BCUT2D eigenvalue weighted by atomic mass is 32.2. The molecular weight excluding hydrogens is 368 g/mol. The van der Waals surface area contributed by atoms with Crippen molar-refractivity contribution in [2.45, 2.75) is 37.2 Å². The zero-order valence-corrected chi connectivity index (χ0v) is 16.1. The molecular formula is C19H24N2O5S. The van der Waals surface area contributed by atoms with Gasteiger partial charge in [-0.2, -0.15) is 4.31 Å². The van der Waals surface area contributed by atoms with Crippen LogP contribution in [0.15, 0.2) is 45.7 Å². The number of carbonyl (C=O) groups is 1. The normalized spacial score (nSPS) is 15.6.